The molecule has 0 aliphatic carbocycles. The topological polar surface area (TPSA) is 48.5 Å². The molecule has 1 saturated heterocycles. The molecule has 1 aromatic rings. The number of carbonyl (C=O) groups excluding carboxylic acids is 1. The van der Waals surface area contributed by atoms with E-state index in [0.29, 0.717) is 0 Å². The number of halogens is 1. The number of rotatable bonds is 5. The van der Waals surface area contributed by atoms with Crippen molar-refractivity contribution in [2.45, 2.75) is 13.8 Å². The van der Waals surface area contributed by atoms with Crippen molar-refractivity contribution in [3.8, 4) is 0 Å². The molecule has 1 atom stereocenters. The van der Waals surface area contributed by atoms with Crippen molar-refractivity contribution in [2.24, 2.45) is 5.92 Å². The largest absolute Gasteiger partial charge is 0.353 e. The standard InChI is InChI=1S/C15H23BrN4O/c1-3-17-10-12(2)15(21)20-8-6-19(7-9-20)14-5-4-13(16)11-18-14/h4-5,11-12,17H,3,6-10H2,1-2H3. The lowest BCUT2D eigenvalue weighted by Crippen LogP contribution is -2.51. The maximum atomic E-state index is 12.3. The number of pyridine rings is 1. The van der Waals surface area contributed by atoms with Gasteiger partial charge in [0, 0.05) is 49.3 Å². The summed E-state index contributed by atoms with van der Waals surface area (Å²) < 4.78 is 0.984. The van der Waals surface area contributed by atoms with Crippen molar-refractivity contribution < 1.29 is 4.79 Å². The van der Waals surface area contributed by atoms with Crippen LogP contribution in [0.3, 0.4) is 0 Å². The number of nitrogens with zero attached hydrogens (tertiary/aromatic N) is 3. The first-order chi connectivity index (χ1) is 10.1. The molecule has 1 unspecified atom stereocenters. The Balaban J connectivity index is 1.85. The summed E-state index contributed by atoms with van der Waals surface area (Å²) in [5.41, 5.74) is 0. The Labute approximate surface area is 134 Å². The van der Waals surface area contributed by atoms with E-state index in [2.05, 4.69) is 38.1 Å². The van der Waals surface area contributed by atoms with Crippen molar-refractivity contribution in [1.82, 2.24) is 15.2 Å². The van der Waals surface area contributed by atoms with Gasteiger partial charge in [0.1, 0.15) is 5.82 Å². The fourth-order valence-electron chi connectivity index (χ4n) is 2.47. The van der Waals surface area contributed by atoms with Crippen LogP contribution in [-0.4, -0.2) is 55.1 Å². The first kappa shape index (κ1) is 16.2. The minimum atomic E-state index is 0.0438. The average Bonchev–Trinajstić information content (AvgIpc) is 2.53. The molecule has 116 valence electrons. The summed E-state index contributed by atoms with van der Waals surface area (Å²) in [6.45, 7) is 8.93. The van der Waals surface area contributed by atoms with Crippen LogP contribution in [0.2, 0.25) is 0 Å². The van der Waals surface area contributed by atoms with Gasteiger partial charge in [-0.2, -0.15) is 0 Å². The zero-order valence-corrected chi connectivity index (χ0v) is 14.3. The van der Waals surface area contributed by atoms with E-state index < -0.39 is 0 Å². The fraction of sp³-hybridized carbons (Fsp3) is 0.600. The molecule has 0 radical (unpaired) electrons. The Morgan fingerprint density at radius 3 is 2.67 bits per heavy atom. The van der Waals surface area contributed by atoms with E-state index in [9.17, 15) is 4.79 Å². The highest BCUT2D eigenvalue weighted by Crippen LogP contribution is 2.17. The Morgan fingerprint density at radius 1 is 1.38 bits per heavy atom. The number of hydrogen-bond donors (Lipinski definition) is 1. The zero-order chi connectivity index (χ0) is 15.2. The number of hydrogen-bond acceptors (Lipinski definition) is 4. The highest BCUT2D eigenvalue weighted by Gasteiger charge is 2.25. The van der Waals surface area contributed by atoms with E-state index in [0.717, 1.165) is 49.6 Å². The summed E-state index contributed by atoms with van der Waals surface area (Å²) in [6, 6.07) is 4.01. The van der Waals surface area contributed by atoms with Gasteiger partial charge < -0.3 is 15.1 Å². The number of nitrogens with one attached hydrogen (secondary N) is 1. The van der Waals surface area contributed by atoms with Crippen LogP contribution in [0.15, 0.2) is 22.8 Å². The quantitative estimate of drug-likeness (QED) is 0.874. The molecule has 1 aliphatic heterocycles. The molecule has 0 spiro atoms. The third-order valence-electron chi connectivity index (χ3n) is 3.75. The van der Waals surface area contributed by atoms with Crippen LogP contribution in [0.5, 0.6) is 0 Å². The monoisotopic (exact) mass is 354 g/mol. The number of piperazine rings is 1. The van der Waals surface area contributed by atoms with Gasteiger partial charge in [-0.25, -0.2) is 4.98 Å². The van der Waals surface area contributed by atoms with Crippen LogP contribution >= 0.6 is 15.9 Å². The molecule has 0 aromatic carbocycles. The molecule has 1 amide bonds. The van der Waals surface area contributed by atoms with Gasteiger partial charge in [-0.3, -0.25) is 4.79 Å². The lowest BCUT2D eigenvalue weighted by atomic mass is 10.1. The van der Waals surface area contributed by atoms with Gasteiger partial charge >= 0.3 is 0 Å². The van der Waals surface area contributed by atoms with Gasteiger partial charge in [-0.15, -0.1) is 0 Å². The van der Waals surface area contributed by atoms with Crippen LogP contribution in [0.4, 0.5) is 5.82 Å². The summed E-state index contributed by atoms with van der Waals surface area (Å²) in [5, 5.41) is 3.24. The molecule has 21 heavy (non-hydrogen) atoms. The zero-order valence-electron chi connectivity index (χ0n) is 12.7. The van der Waals surface area contributed by atoms with E-state index in [1.807, 2.05) is 30.2 Å². The molecule has 2 heterocycles. The molecule has 1 aromatic heterocycles. The Kier molecular flexibility index (Phi) is 5.99. The molecule has 5 nitrogen and oxygen atoms in total. The van der Waals surface area contributed by atoms with Crippen molar-refractivity contribution in [3.05, 3.63) is 22.8 Å². The van der Waals surface area contributed by atoms with E-state index in [4.69, 9.17) is 0 Å². The summed E-state index contributed by atoms with van der Waals surface area (Å²) in [7, 11) is 0. The number of anilines is 1. The Hall–Kier alpha value is -1.14. The molecule has 1 fully saturated rings. The molecule has 1 aliphatic rings. The lowest BCUT2D eigenvalue weighted by molar-refractivity contribution is -0.135. The highest BCUT2D eigenvalue weighted by atomic mass is 79.9. The van der Waals surface area contributed by atoms with Crippen molar-refractivity contribution in [1.29, 1.82) is 0 Å². The van der Waals surface area contributed by atoms with Crippen LogP contribution in [0.25, 0.3) is 0 Å². The first-order valence-electron chi connectivity index (χ1n) is 7.47. The second-order valence-electron chi connectivity index (χ2n) is 5.36. The summed E-state index contributed by atoms with van der Waals surface area (Å²) in [5.74, 6) is 1.27. The predicted octanol–water partition coefficient (Wildman–Crippen LogP) is 1.74. The van der Waals surface area contributed by atoms with Crippen LogP contribution < -0.4 is 10.2 Å². The molecular weight excluding hydrogens is 332 g/mol. The number of amides is 1. The molecule has 0 saturated carbocycles. The maximum Gasteiger partial charge on any atom is 0.226 e. The average molecular weight is 355 g/mol. The molecule has 1 N–H and O–H groups in total. The normalized spacial score (nSPS) is 16.9. The second-order valence-corrected chi connectivity index (χ2v) is 6.27. The van der Waals surface area contributed by atoms with Crippen molar-refractivity contribution >= 4 is 27.7 Å². The predicted molar refractivity (Wildman–Crippen MR) is 88.4 cm³/mol. The van der Waals surface area contributed by atoms with Crippen LogP contribution in [0.1, 0.15) is 13.8 Å². The minimum absolute atomic E-state index is 0.0438. The van der Waals surface area contributed by atoms with Gasteiger partial charge in [0.2, 0.25) is 5.91 Å². The van der Waals surface area contributed by atoms with Crippen LogP contribution in [0, 0.1) is 5.92 Å². The fourth-order valence-corrected chi connectivity index (χ4v) is 2.71. The van der Waals surface area contributed by atoms with E-state index >= 15 is 0 Å². The van der Waals surface area contributed by atoms with Crippen molar-refractivity contribution in [2.75, 3.05) is 44.2 Å². The van der Waals surface area contributed by atoms with Gasteiger partial charge in [-0.05, 0) is 34.6 Å². The van der Waals surface area contributed by atoms with E-state index in [1.54, 1.807) is 0 Å². The number of aromatic nitrogens is 1. The SMILES string of the molecule is CCNCC(C)C(=O)N1CCN(c2ccc(Br)cn2)CC1. The summed E-state index contributed by atoms with van der Waals surface area (Å²) in [4.78, 5) is 20.9. The molecular formula is C15H23BrN4O. The van der Waals surface area contributed by atoms with Gasteiger partial charge in [-0.1, -0.05) is 13.8 Å². The van der Waals surface area contributed by atoms with Gasteiger partial charge in [0.25, 0.3) is 0 Å². The Morgan fingerprint density at radius 2 is 2.10 bits per heavy atom. The Bertz CT molecular complexity index is 457. The lowest BCUT2D eigenvalue weighted by Gasteiger charge is -2.36. The first-order valence-corrected chi connectivity index (χ1v) is 8.27. The van der Waals surface area contributed by atoms with E-state index in [-0.39, 0.29) is 11.8 Å². The number of carbonyl (C=O) groups is 1. The maximum absolute atomic E-state index is 12.3. The summed E-state index contributed by atoms with van der Waals surface area (Å²) in [6.07, 6.45) is 1.81. The smallest absolute Gasteiger partial charge is 0.226 e. The highest BCUT2D eigenvalue weighted by molar-refractivity contribution is 9.10. The molecule has 6 heteroatoms. The molecule has 2 rings (SSSR count). The van der Waals surface area contributed by atoms with Crippen molar-refractivity contribution in [3.63, 3.8) is 0 Å². The third kappa shape index (κ3) is 4.41. The van der Waals surface area contributed by atoms with Gasteiger partial charge in [0.15, 0.2) is 0 Å². The van der Waals surface area contributed by atoms with Crippen LogP contribution in [-0.2, 0) is 4.79 Å². The van der Waals surface area contributed by atoms with Gasteiger partial charge in [0.05, 0.1) is 0 Å². The minimum Gasteiger partial charge on any atom is -0.353 e. The second kappa shape index (κ2) is 7.75. The van der Waals surface area contributed by atoms with E-state index in [1.165, 1.54) is 0 Å². The third-order valence-corrected chi connectivity index (χ3v) is 4.22. The molecule has 0 bridgehead atoms. The summed E-state index contributed by atoms with van der Waals surface area (Å²) >= 11 is 3.39.